The van der Waals surface area contributed by atoms with Gasteiger partial charge < -0.3 is 14.5 Å². The van der Waals surface area contributed by atoms with Gasteiger partial charge in [-0.15, -0.1) is 11.8 Å². The summed E-state index contributed by atoms with van der Waals surface area (Å²) in [5.74, 6) is 1.54. The molecule has 0 bridgehead atoms. The van der Waals surface area contributed by atoms with E-state index in [1.807, 2.05) is 36.0 Å². The topological polar surface area (TPSA) is 39.3 Å². The van der Waals surface area contributed by atoms with Gasteiger partial charge in [-0.3, -0.25) is 14.6 Å². The average Bonchev–Trinajstić information content (AvgIpc) is 3.33. The van der Waals surface area contributed by atoms with Crippen LogP contribution in [-0.2, 0) is 4.79 Å². The van der Waals surface area contributed by atoms with Gasteiger partial charge in [-0.1, -0.05) is 24.3 Å². The molecule has 0 radical (unpaired) electrons. The Kier molecular flexibility index (Phi) is 8.28. The van der Waals surface area contributed by atoms with E-state index in [9.17, 15) is 9.18 Å². The van der Waals surface area contributed by atoms with Crippen molar-refractivity contribution in [3.8, 4) is 5.75 Å². The molecule has 2 aromatic carbocycles. The highest BCUT2D eigenvalue weighted by Crippen LogP contribution is 2.42. The molecule has 2 heterocycles. The number of benzene rings is 2. The van der Waals surface area contributed by atoms with Crippen LogP contribution >= 0.6 is 24.0 Å². The number of hydrogen-bond donors (Lipinski definition) is 0. The first-order valence-corrected chi connectivity index (χ1v) is 13.0. The number of anilines is 1. The normalized spacial score (nSPS) is 18.7. The zero-order chi connectivity index (χ0) is 24.1. The third kappa shape index (κ3) is 5.82. The third-order valence-electron chi connectivity index (χ3n) is 6.29. The van der Waals surface area contributed by atoms with Crippen LogP contribution in [0.5, 0.6) is 5.75 Å². The fourth-order valence-electron chi connectivity index (χ4n) is 4.25. The van der Waals surface area contributed by atoms with Crippen molar-refractivity contribution in [3.05, 3.63) is 59.9 Å². The number of ether oxygens (including phenoxy) is 1. The van der Waals surface area contributed by atoms with Crippen LogP contribution in [-0.4, -0.2) is 84.4 Å². The number of nitrogens with zero attached hydrogens (tertiary/aromatic N) is 4. The Bertz CT molecular complexity index is 1020. The Labute approximate surface area is 210 Å². The van der Waals surface area contributed by atoms with Crippen LogP contribution in [0, 0.1) is 5.82 Å². The summed E-state index contributed by atoms with van der Waals surface area (Å²) in [4.78, 5) is 20.1. The van der Waals surface area contributed by atoms with E-state index in [0.717, 1.165) is 62.0 Å². The van der Waals surface area contributed by atoms with E-state index in [0.29, 0.717) is 11.7 Å². The lowest BCUT2D eigenvalue weighted by atomic mass is 10.2. The second kappa shape index (κ2) is 11.4. The molecule has 1 unspecified atom stereocenters. The maximum Gasteiger partial charge on any atom is 0.225 e. The predicted molar refractivity (Wildman–Crippen MR) is 140 cm³/mol. The molecule has 2 aliphatic rings. The summed E-state index contributed by atoms with van der Waals surface area (Å²) in [7, 11) is 1.72. The van der Waals surface area contributed by atoms with Crippen LogP contribution in [0.4, 0.5) is 10.1 Å². The standard InChI is InChI=1S/C25H31FN4O2S2/c1-19(31)27(2)25(33)30-15-17-34-24(30)22-8-3-4-9-23(22)32-16-14-28-10-12-29(13-11-28)21-7-5-6-20(26)18-21/h3-9,18,24H,10-17H2,1-2H3. The zero-order valence-electron chi connectivity index (χ0n) is 19.7. The van der Waals surface area contributed by atoms with E-state index >= 15 is 0 Å². The highest BCUT2D eigenvalue weighted by molar-refractivity contribution is 7.99. The molecule has 2 saturated heterocycles. The number of amides is 1. The predicted octanol–water partition coefficient (Wildman–Crippen LogP) is 3.84. The number of thioether (sulfide) groups is 1. The van der Waals surface area contributed by atoms with Gasteiger partial charge in [-0.2, -0.15) is 0 Å². The number of para-hydroxylation sites is 1. The Morgan fingerprint density at radius 3 is 2.65 bits per heavy atom. The van der Waals surface area contributed by atoms with Crippen molar-refractivity contribution in [1.82, 2.24) is 14.7 Å². The molecule has 0 aromatic heterocycles. The lowest BCUT2D eigenvalue weighted by Crippen LogP contribution is -2.47. The summed E-state index contributed by atoms with van der Waals surface area (Å²) in [6.07, 6.45) is 0. The van der Waals surface area contributed by atoms with Crippen molar-refractivity contribution >= 4 is 40.7 Å². The van der Waals surface area contributed by atoms with Gasteiger partial charge in [0.15, 0.2) is 5.11 Å². The van der Waals surface area contributed by atoms with Gasteiger partial charge >= 0.3 is 0 Å². The lowest BCUT2D eigenvalue weighted by molar-refractivity contribution is -0.124. The van der Waals surface area contributed by atoms with Crippen molar-refractivity contribution in [3.63, 3.8) is 0 Å². The summed E-state index contributed by atoms with van der Waals surface area (Å²) in [5.41, 5.74) is 2.03. The molecule has 182 valence electrons. The largest absolute Gasteiger partial charge is 0.492 e. The molecule has 9 heteroatoms. The molecular formula is C25H31FN4O2S2. The molecule has 0 spiro atoms. The number of carbonyl (C=O) groups is 1. The molecule has 0 saturated carbocycles. The average molecular weight is 503 g/mol. The van der Waals surface area contributed by atoms with Gasteiger partial charge in [0.2, 0.25) is 5.91 Å². The number of piperazine rings is 1. The quantitative estimate of drug-likeness (QED) is 0.556. The van der Waals surface area contributed by atoms with Crippen LogP contribution in [0.25, 0.3) is 0 Å². The molecule has 2 aliphatic heterocycles. The minimum atomic E-state index is -0.195. The van der Waals surface area contributed by atoms with Crippen molar-refractivity contribution in [1.29, 1.82) is 0 Å². The summed E-state index contributed by atoms with van der Waals surface area (Å²) in [6.45, 7) is 7.32. The maximum absolute atomic E-state index is 13.5. The van der Waals surface area contributed by atoms with Gasteiger partial charge in [0.25, 0.3) is 0 Å². The monoisotopic (exact) mass is 502 g/mol. The molecule has 1 amide bonds. The number of halogens is 1. The van der Waals surface area contributed by atoms with Crippen molar-refractivity contribution in [2.45, 2.75) is 12.3 Å². The lowest BCUT2D eigenvalue weighted by Gasteiger charge is -2.36. The first kappa shape index (κ1) is 24.8. The van der Waals surface area contributed by atoms with E-state index in [-0.39, 0.29) is 17.1 Å². The molecule has 0 aliphatic carbocycles. The molecule has 6 nitrogen and oxygen atoms in total. The SMILES string of the molecule is CC(=O)N(C)C(=S)N1CCSC1c1ccccc1OCCN1CCN(c2cccc(F)c2)CC1. The molecular weight excluding hydrogens is 471 g/mol. The second-order valence-electron chi connectivity index (χ2n) is 8.47. The molecule has 0 N–H and O–H groups in total. The Balaban J connectivity index is 1.32. The highest BCUT2D eigenvalue weighted by Gasteiger charge is 2.32. The molecule has 34 heavy (non-hydrogen) atoms. The van der Waals surface area contributed by atoms with E-state index in [2.05, 4.69) is 20.8 Å². The summed E-state index contributed by atoms with van der Waals surface area (Å²) < 4.78 is 19.8. The summed E-state index contributed by atoms with van der Waals surface area (Å²) in [5, 5.41) is 0.578. The van der Waals surface area contributed by atoms with Crippen LogP contribution in [0.15, 0.2) is 48.5 Å². The van der Waals surface area contributed by atoms with Gasteiger partial charge in [0, 0.05) is 70.2 Å². The smallest absolute Gasteiger partial charge is 0.225 e. The Hall–Kier alpha value is -2.36. The number of hydrogen-bond acceptors (Lipinski definition) is 6. The summed E-state index contributed by atoms with van der Waals surface area (Å²) >= 11 is 7.42. The Morgan fingerprint density at radius 2 is 1.91 bits per heavy atom. The molecule has 4 rings (SSSR count). The molecule has 2 aromatic rings. The van der Waals surface area contributed by atoms with Crippen molar-refractivity contribution < 1.29 is 13.9 Å². The Morgan fingerprint density at radius 1 is 1.15 bits per heavy atom. The second-order valence-corrected chi connectivity index (χ2v) is 10.0. The van der Waals surface area contributed by atoms with Crippen molar-refractivity contribution in [2.75, 3.05) is 63.6 Å². The first-order chi connectivity index (χ1) is 16.4. The maximum atomic E-state index is 13.5. The minimum absolute atomic E-state index is 0.0281. The third-order valence-corrected chi connectivity index (χ3v) is 8.04. The van der Waals surface area contributed by atoms with Gasteiger partial charge in [-0.25, -0.2) is 4.39 Å². The van der Waals surface area contributed by atoms with Gasteiger partial charge in [-0.05, 0) is 36.5 Å². The number of carbonyl (C=O) groups excluding carboxylic acids is 1. The van der Waals surface area contributed by atoms with E-state index < -0.39 is 0 Å². The zero-order valence-corrected chi connectivity index (χ0v) is 21.3. The number of thiocarbonyl (C=S) groups is 1. The fraction of sp³-hybridized carbons (Fsp3) is 0.440. The van der Waals surface area contributed by atoms with Crippen LogP contribution in [0.2, 0.25) is 0 Å². The minimum Gasteiger partial charge on any atom is -0.492 e. The van der Waals surface area contributed by atoms with Crippen molar-refractivity contribution in [2.24, 2.45) is 0 Å². The van der Waals surface area contributed by atoms with Gasteiger partial charge in [0.05, 0.1) is 0 Å². The molecule has 1 atom stereocenters. The van der Waals surface area contributed by atoms with Crippen LogP contribution < -0.4 is 9.64 Å². The first-order valence-electron chi connectivity index (χ1n) is 11.5. The van der Waals surface area contributed by atoms with Crippen LogP contribution in [0.1, 0.15) is 17.9 Å². The fourth-order valence-corrected chi connectivity index (χ4v) is 5.93. The van der Waals surface area contributed by atoms with Crippen LogP contribution in [0.3, 0.4) is 0 Å². The number of rotatable bonds is 6. The van der Waals surface area contributed by atoms with E-state index in [4.69, 9.17) is 17.0 Å². The molecule has 2 fully saturated rings. The van der Waals surface area contributed by atoms with E-state index in [1.165, 1.54) is 17.9 Å². The van der Waals surface area contributed by atoms with Gasteiger partial charge in [0.1, 0.15) is 23.5 Å². The summed E-state index contributed by atoms with van der Waals surface area (Å²) in [6, 6.07) is 14.9. The van der Waals surface area contributed by atoms with E-state index in [1.54, 1.807) is 19.2 Å². The highest BCUT2D eigenvalue weighted by atomic mass is 32.2.